The molecular formula is C26H28ClFN4O3. The standard InChI is InChI=1S/C26H28ClFN4O3/c1-26(2,3)35-25(34)31-13-11-17(12-14-31)23-20(16-29-32(23)19-7-5-4-6-8-19)24(33)30-18-9-10-22(28)21(27)15-18/h4-10,15-17H,11-14H2,1-3H3,(H,30,33). The van der Waals surface area contributed by atoms with Gasteiger partial charge in [-0.1, -0.05) is 29.8 Å². The molecule has 0 saturated carbocycles. The number of likely N-dealkylation sites (tertiary alicyclic amines) is 1. The number of hydrogen-bond donors (Lipinski definition) is 1. The molecule has 184 valence electrons. The van der Waals surface area contributed by atoms with E-state index in [1.54, 1.807) is 15.8 Å². The van der Waals surface area contributed by atoms with E-state index < -0.39 is 11.4 Å². The number of piperidine rings is 1. The van der Waals surface area contributed by atoms with Crippen molar-refractivity contribution in [3.05, 3.63) is 76.8 Å². The van der Waals surface area contributed by atoms with E-state index in [2.05, 4.69) is 10.4 Å². The molecule has 0 aliphatic carbocycles. The second kappa shape index (κ2) is 10.1. The topological polar surface area (TPSA) is 76.5 Å². The average molecular weight is 499 g/mol. The molecule has 0 spiro atoms. The van der Waals surface area contributed by atoms with Crippen LogP contribution in [0, 0.1) is 5.82 Å². The van der Waals surface area contributed by atoms with Crippen molar-refractivity contribution in [3.63, 3.8) is 0 Å². The first-order valence-electron chi connectivity index (χ1n) is 11.5. The smallest absolute Gasteiger partial charge is 0.410 e. The van der Waals surface area contributed by atoms with Crippen molar-refractivity contribution in [3.8, 4) is 5.69 Å². The van der Waals surface area contributed by atoms with E-state index in [4.69, 9.17) is 16.3 Å². The number of aromatic nitrogens is 2. The molecule has 1 aromatic heterocycles. The van der Waals surface area contributed by atoms with Gasteiger partial charge in [0.2, 0.25) is 0 Å². The van der Waals surface area contributed by atoms with Gasteiger partial charge in [-0.15, -0.1) is 0 Å². The Balaban J connectivity index is 1.60. The molecule has 4 rings (SSSR count). The number of rotatable bonds is 4. The van der Waals surface area contributed by atoms with Gasteiger partial charge >= 0.3 is 6.09 Å². The number of benzene rings is 2. The monoisotopic (exact) mass is 498 g/mol. The maximum Gasteiger partial charge on any atom is 0.410 e. The lowest BCUT2D eigenvalue weighted by molar-refractivity contribution is 0.0203. The van der Waals surface area contributed by atoms with Gasteiger partial charge in [-0.25, -0.2) is 13.9 Å². The number of anilines is 1. The van der Waals surface area contributed by atoms with E-state index in [-0.39, 0.29) is 22.9 Å². The van der Waals surface area contributed by atoms with Crippen LogP contribution in [0.4, 0.5) is 14.9 Å². The molecule has 9 heteroatoms. The summed E-state index contributed by atoms with van der Waals surface area (Å²) in [4.78, 5) is 27.5. The van der Waals surface area contributed by atoms with E-state index in [0.717, 1.165) is 11.4 Å². The molecule has 0 atom stereocenters. The van der Waals surface area contributed by atoms with Crippen molar-refractivity contribution in [2.45, 2.75) is 45.1 Å². The number of carbonyl (C=O) groups excluding carboxylic acids is 2. The highest BCUT2D eigenvalue weighted by Gasteiger charge is 2.32. The van der Waals surface area contributed by atoms with Gasteiger partial charge in [-0.05, 0) is 63.9 Å². The molecule has 1 aliphatic rings. The van der Waals surface area contributed by atoms with Crippen LogP contribution in [0.25, 0.3) is 5.69 Å². The molecule has 35 heavy (non-hydrogen) atoms. The second-order valence-electron chi connectivity index (χ2n) is 9.52. The summed E-state index contributed by atoms with van der Waals surface area (Å²) in [5.41, 5.74) is 1.85. The molecule has 1 saturated heterocycles. The van der Waals surface area contributed by atoms with Crippen LogP contribution in [-0.4, -0.2) is 45.4 Å². The highest BCUT2D eigenvalue weighted by atomic mass is 35.5. The fraction of sp³-hybridized carbons (Fsp3) is 0.346. The highest BCUT2D eigenvalue weighted by Crippen LogP contribution is 2.33. The third-order valence-corrected chi connectivity index (χ3v) is 6.05. The predicted molar refractivity (Wildman–Crippen MR) is 133 cm³/mol. The molecule has 1 fully saturated rings. The lowest BCUT2D eigenvalue weighted by Crippen LogP contribution is -2.41. The van der Waals surface area contributed by atoms with Crippen molar-refractivity contribution in [1.82, 2.24) is 14.7 Å². The SMILES string of the molecule is CC(C)(C)OC(=O)N1CCC(c2c(C(=O)Nc3ccc(F)c(Cl)c3)cnn2-c2ccccc2)CC1. The lowest BCUT2D eigenvalue weighted by Gasteiger charge is -2.34. The number of halogens is 2. The molecule has 0 radical (unpaired) electrons. The summed E-state index contributed by atoms with van der Waals surface area (Å²) in [6.07, 6.45) is 2.52. The maximum atomic E-state index is 13.5. The van der Waals surface area contributed by atoms with Gasteiger partial charge in [0.05, 0.1) is 28.2 Å². The van der Waals surface area contributed by atoms with E-state index in [9.17, 15) is 14.0 Å². The third-order valence-electron chi connectivity index (χ3n) is 5.76. The number of para-hydroxylation sites is 1. The van der Waals surface area contributed by atoms with Gasteiger partial charge in [-0.3, -0.25) is 4.79 Å². The molecular weight excluding hydrogens is 471 g/mol. The van der Waals surface area contributed by atoms with Gasteiger partial charge in [0.15, 0.2) is 0 Å². The van der Waals surface area contributed by atoms with Crippen molar-refractivity contribution in [2.75, 3.05) is 18.4 Å². The quantitative estimate of drug-likeness (QED) is 0.476. The van der Waals surface area contributed by atoms with Gasteiger partial charge in [0.1, 0.15) is 11.4 Å². The molecule has 2 heterocycles. The van der Waals surface area contributed by atoms with E-state index >= 15 is 0 Å². The fourth-order valence-electron chi connectivity index (χ4n) is 4.13. The summed E-state index contributed by atoms with van der Waals surface area (Å²) in [5.74, 6) is -0.924. The summed E-state index contributed by atoms with van der Waals surface area (Å²) in [6, 6.07) is 13.6. The van der Waals surface area contributed by atoms with Crippen LogP contribution < -0.4 is 5.32 Å². The predicted octanol–water partition coefficient (Wildman–Crippen LogP) is 6.03. The van der Waals surface area contributed by atoms with Crippen molar-refractivity contribution in [2.24, 2.45) is 0 Å². The van der Waals surface area contributed by atoms with Crippen molar-refractivity contribution >= 4 is 29.3 Å². The zero-order valence-corrected chi connectivity index (χ0v) is 20.7. The van der Waals surface area contributed by atoms with Gasteiger partial charge in [0, 0.05) is 24.7 Å². The number of hydrogen-bond acceptors (Lipinski definition) is 4. The normalized spacial score (nSPS) is 14.6. The minimum absolute atomic E-state index is 0.00560. The van der Waals surface area contributed by atoms with Gasteiger partial charge in [0.25, 0.3) is 5.91 Å². The number of nitrogens with zero attached hydrogens (tertiary/aromatic N) is 3. The summed E-state index contributed by atoms with van der Waals surface area (Å²) in [6.45, 7) is 6.54. The van der Waals surface area contributed by atoms with Crippen LogP contribution in [0.1, 0.15) is 55.6 Å². The Morgan fingerprint density at radius 1 is 1.11 bits per heavy atom. The first-order chi connectivity index (χ1) is 16.6. The van der Waals surface area contributed by atoms with Crippen molar-refractivity contribution < 1.29 is 18.7 Å². The molecule has 2 amide bonds. The Bertz CT molecular complexity index is 1220. The highest BCUT2D eigenvalue weighted by molar-refractivity contribution is 6.31. The van der Waals surface area contributed by atoms with Gasteiger partial charge < -0.3 is 15.0 Å². The van der Waals surface area contributed by atoms with E-state index in [1.165, 1.54) is 18.2 Å². The van der Waals surface area contributed by atoms with Gasteiger partial charge in [-0.2, -0.15) is 5.10 Å². The van der Waals surface area contributed by atoms with Crippen LogP contribution in [0.2, 0.25) is 5.02 Å². The summed E-state index contributed by atoms with van der Waals surface area (Å²) in [7, 11) is 0. The molecule has 2 aromatic carbocycles. The van der Waals surface area contributed by atoms with Crippen molar-refractivity contribution in [1.29, 1.82) is 0 Å². The van der Waals surface area contributed by atoms with Crippen LogP contribution in [0.15, 0.2) is 54.7 Å². The van der Waals surface area contributed by atoms with Crippen LogP contribution in [-0.2, 0) is 4.74 Å². The number of ether oxygens (including phenoxy) is 1. The third kappa shape index (κ3) is 5.82. The van der Waals surface area contributed by atoms with Crippen LogP contribution in [0.3, 0.4) is 0 Å². The molecule has 1 aliphatic heterocycles. The largest absolute Gasteiger partial charge is 0.444 e. The first kappa shape index (κ1) is 24.7. The first-order valence-corrected chi connectivity index (χ1v) is 11.9. The zero-order chi connectivity index (χ0) is 25.2. The molecule has 0 bridgehead atoms. The minimum Gasteiger partial charge on any atom is -0.444 e. The average Bonchev–Trinajstić information content (AvgIpc) is 3.26. The Morgan fingerprint density at radius 3 is 2.43 bits per heavy atom. The minimum atomic E-state index is -0.561. The molecule has 1 N–H and O–H groups in total. The zero-order valence-electron chi connectivity index (χ0n) is 19.9. The van der Waals surface area contributed by atoms with Crippen LogP contribution in [0.5, 0.6) is 0 Å². The number of carbonyl (C=O) groups is 2. The number of nitrogens with one attached hydrogen (secondary N) is 1. The summed E-state index contributed by atoms with van der Waals surface area (Å²) in [5, 5.41) is 7.25. The van der Waals surface area contributed by atoms with E-state index in [1.807, 2.05) is 51.1 Å². The Labute approximate surface area is 208 Å². The second-order valence-corrected chi connectivity index (χ2v) is 9.92. The van der Waals surface area contributed by atoms with E-state index in [0.29, 0.717) is 37.2 Å². The lowest BCUT2D eigenvalue weighted by atomic mass is 9.90. The number of amides is 2. The Morgan fingerprint density at radius 2 is 1.80 bits per heavy atom. The fourth-order valence-corrected chi connectivity index (χ4v) is 4.32. The van der Waals surface area contributed by atoms with Crippen LogP contribution >= 0.6 is 11.6 Å². The Hall–Kier alpha value is -3.39. The molecule has 7 nitrogen and oxygen atoms in total. The summed E-state index contributed by atoms with van der Waals surface area (Å²) >= 11 is 5.87. The Kier molecular flexibility index (Phi) is 7.12. The molecule has 0 unspecified atom stereocenters. The maximum absolute atomic E-state index is 13.5. The summed E-state index contributed by atoms with van der Waals surface area (Å²) < 4.78 is 20.8. The molecule has 3 aromatic rings.